The molecule has 0 saturated carbocycles. The molecule has 11 heavy (non-hydrogen) atoms. The highest BCUT2D eigenvalue weighted by molar-refractivity contribution is 8.26. The number of carbonyl (C=O) groups is 1. The van der Waals surface area contributed by atoms with Gasteiger partial charge in [0.2, 0.25) is 0 Å². The van der Waals surface area contributed by atoms with Gasteiger partial charge in [0.25, 0.3) is 0 Å². The monoisotopic (exact) mass is 180 g/mol. The Kier molecular flexibility index (Phi) is 4.67. The van der Waals surface area contributed by atoms with E-state index in [1.54, 1.807) is 21.1 Å². The van der Waals surface area contributed by atoms with E-state index < -0.39 is 10.7 Å². The topological polar surface area (TPSA) is 50.4 Å². The number of aldehydes is 1. The number of nitrogens with one attached hydrogen (secondary N) is 2. The van der Waals surface area contributed by atoms with Crippen molar-refractivity contribution in [3.63, 3.8) is 0 Å². The molecule has 4 nitrogen and oxygen atoms in total. The van der Waals surface area contributed by atoms with Crippen LogP contribution in [0.3, 0.4) is 0 Å². The Morgan fingerprint density at radius 1 is 1.64 bits per heavy atom. The molecule has 0 aliphatic heterocycles. The van der Waals surface area contributed by atoms with Gasteiger partial charge in [0.05, 0.1) is 13.2 Å². The highest BCUT2D eigenvalue weighted by Gasteiger charge is 2.15. The standard InChI is InChI=1S/C6H16N2O2S/c1-6(5-9)8-11(4,7-2)10-3/h5-8H,1-4H3. The van der Waals surface area contributed by atoms with Crippen LogP contribution in [0, 0.1) is 0 Å². The molecule has 0 radical (unpaired) electrons. The predicted octanol–water partition coefficient (Wildman–Crippen LogP) is 0.209. The van der Waals surface area contributed by atoms with Crippen LogP contribution < -0.4 is 9.44 Å². The van der Waals surface area contributed by atoms with Crippen molar-refractivity contribution in [3.8, 4) is 0 Å². The lowest BCUT2D eigenvalue weighted by Crippen LogP contribution is -2.37. The molecule has 0 aliphatic carbocycles. The summed E-state index contributed by atoms with van der Waals surface area (Å²) in [6.07, 6.45) is 2.74. The number of hydrogen-bond acceptors (Lipinski definition) is 4. The van der Waals surface area contributed by atoms with Crippen LogP contribution in [0.2, 0.25) is 0 Å². The lowest BCUT2D eigenvalue weighted by molar-refractivity contribution is -0.108. The van der Waals surface area contributed by atoms with Gasteiger partial charge in [-0.25, -0.2) is 4.72 Å². The maximum atomic E-state index is 10.3. The van der Waals surface area contributed by atoms with Crippen molar-refractivity contribution in [3.05, 3.63) is 0 Å². The predicted molar refractivity (Wildman–Crippen MR) is 48.2 cm³/mol. The molecule has 2 atom stereocenters. The molecule has 0 rings (SSSR count). The summed E-state index contributed by atoms with van der Waals surface area (Å²) >= 11 is 0. The third kappa shape index (κ3) is 3.71. The molecule has 2 unspecified atom stereocenters. The first-order chi connectivity index (χ1) is 5.08. The number of carbonyl (C=O) groups excluding carboxylic acids is 1. The van der Waals surface area contributed by atoms with Gasteiger partial charge in [-0.2, -0.15) is 0 Å². The second kappa shape index (κ2) is 4.71. The molecule has 0 saturated heterocycles. The van der Waals surface area contributed by atoms with Gasteiger partial charge < -0.3 is 8.98 Å². The zero-order valence-corrected chi connectivity index (χ0v) is 8.20. The van der Waals surface area contributed by atoms with Crippen LogP contribution >= 0.6 is 10.7 Å². The normalized spacial score (nSPS) is 21.8. The zero-order valence-electron chi connectivity index (χ0n) is 7.38. The first-order valence-corrected chi connectivity index (χ1v) is 5.29. The van der Waals surface area contributed by atoms with Crippen molar-refractivity contribution in [1.29, 1.82) is 0 Å². The van der Waals surface area contributed by atoms with Crippen molar-refractivity contribution >= 4 is 17.0 Å². The van der Waals surface area contributed by atoms with Gasteiger partial charge in [-0.1, -0.05) is 0 Å². The molecule has 0 spiro atoms. The van der Waals surface area contributed by atoms with E-state index in [1.807, 2.05) is 6.26 Å². The molecule has 0 fully saturated rings. The van der Waals surface area contributed by atoms with Crippen molar-refractivity contribution in [2.45, 2.75) is 13.0 Å². The summed E-state index contributed by atoms with van der Waals surface area (Å²) in [5, 5.41) is 0. The Morgan fingerprint density at radius 2 is 2.18 bits per heavy atom. The molecule has 5 heteroatoms. The Labute approximate surface area is 69.5 Å². The van der Waals surface area contributed by atoms with Crippen LogP contribution in [0.25, 0.3) is 0 Å². The Bertz CT molecular complexity index is 128. The van der Waals surface area contributed by atoms with E-state index in [9.17, 15) is 4.79 Å². The van der Waals surface area contributed by atoms with E-state index in [0.717, 1.165) is 6.29 Å². The van der Waals surface area contributed by atoms with E-state index in [0.29, 0.717) is 0 Å². The summed E-state index contributed by atoms with van der Waals surface area (Å²) in [4.78, 5) is 10.3. The smallest absolute Gasteiger partial charge is 0.137 e. The van der Waals surface area contributed by atoms with Gasteiger partial charge >= 0.3 is 0 Å². The molecule has 0 aromatic rings. The highest BCUT2D eigenvalue weighted by atomic mass is 32.3. The molecule has 2 N–H and O–H groups in total. The molecule has 0 aliphatic rings. The third-order valence-electron chi connectivity index (χ3n) is 1.34. The van der Waals surface area contributed by atoms with Crippen LogP contribution in [0.5, 0.6) is 0 Å². The minimum absolute atomic E-state index is 0.178. The molecular weight excluding hydrogens is 164 g/mol. The number of rotatable bonds is 5. The summed E-state index contributed by atoms with van der Waals surface area (Å²) in [6, 6.07) is -0.178. The Morgan fingerprint density at radius 3 is 2.45 bits per heavy atom. The van der Waals surface area contributed by atoms with Gasteiger partial charge in [-0.15, -0.1) is 0 Å². The fraction of sp³-hybridized carbons (Fsp3) is 0.833. The van der Waals surface area contributed by atoms with Crippen LogP contribution in [-0.4, -0.2) is 32.7 Å². The summed E-state index contributed by atoms with van der Waals surface area (Å²) < 4.78 is 11.2. The van der Waals surface area contributed by atoms with Crippen molar-refractivity contribution in [2.24, 2.45) is 0 Å². The molecule has 68 valence electrons. The van der Waals surface area contributed by atoms with Crippen molar-refractivity contribution < 1.29 is 8.98 Å². The maximum absolute atomic E-state index is 10.3. The van der Waals surface area contributed by atoms with Crippen molar-refractivity contribution in [1.82, 2.24) is 9.44 Å². The lowest BCUT2D eigenvalue weighted by atomic mass is 10.4. The Hall–Kier alpha value is -0.100. The first kappa shape index (κ1) is 10.9. The fourth-order valence-electron chi connectivity index (χ4n) is 0.573. The molecule has 0 bridgehead atoms. The van der Waals surface area contributed by atoms with E-state index in [-0.39, 0.29) is 6.04 Å². The van der Waals surface area contributed by atoms with Crippen LogP contribution in [0.15, 0.2) is 0 Å². The van der Waals surface area contributed by atoms with E-state index in [4.69, 9.17) is 4.18 Å². The molecular formula is C6H16N2O2S. The summed E-state index contributed by atoms with van der Waals surface area (Å²) in [5.41, 5.74) is 0. The average Bonchev–Trinajstić information content (AvgIpc) is 2.04. The van der Waals surface area contributed by atoms with Gasteiger partial charge in [0.1, 0.15) is 6.29 Å². The van der Waals surface area contributed by atoms with Gasteiger partial charge in [0, 0.05) is 6.26 Å². The second-order valence-electron chi connectivity index (χ2n) is 2.26. The first-order valence-electron chi connectivity index (χ1n) is 3.33. The van der Waals surface area contributed by atoms with Gasteiger partial charge in [0.15, 0.2) is 0 Å². The van der Waals surface area contributed by atoms with Gasteiger partial charge in [-0.05, 0) is 24.7 Å². The zero-order chi connectivity index (χ0) is 8.91. The average molecular weight is 180 g/mol. The van der Waals surface area contributed by atoms with E-state index in [2.05, 4.69) is 9.44 Å². The SMILES string of the molecule is CNS(C)(NC(C)C=O)OC. The minimum Gasteiger partial charge on any atom is -0.314 e. The van der Waals surface area contributed by atoms with Crippen LogP contribution in [0.1, 0.15) is 6.92 Å². The summed E-state index contributed by atoms with van der Waals surface area (Å²) in [7, 11) is 1.95. The summed E-state index contributed by atoms with van der Waals surface area (Å²) in [6.45, 7) is 1.79. The minimum atomic E-state index is -1.46. The maximum Gasteiger partial charge on any atom is 0.137 e. The quantitative estimate of drug-likeness (QED) is 0.594. The third-order valence-corrected chi connectivity index (χ3v) is 3.61. The van der Waals surface area contributed by atoms with E-state index >= 15 is 0 Å². The van der Waals surface area contributed by atoms with Crippen LogP contribution in [-0.2, 0) is 8.98 Å². The molecule has 0 heterocycles. The molecule has 0 aromatic carbocycles. The summed E-state index contributed by atoms with van der Waals surface area (Å²) in [5.74, 6) is 0. The van der Waals surface area contributed by atoms with Crippen molar-refractivity contribution in [2.75, 3.05) is 20.4 Å². The largest absolute Gasteiger partial charge is 0.314 e. The van der Waals surface area contributed by atoms with Crippen LogP contribution in [0.4, 0.5) is 0 Å². The van der Waals surface area contributed by atoms with Gasteiger partial charge in [-0.3, -0.25) is 4.72 Å². The fourth-order valence-corrected chi connectivity index (χ4v) is 1.72. The highest BCUT2D eigenvalue weighted by Crippen LogP contribution is 2.33. The molecule has 0 amide bonds. The van der Waals surface area contributed by atoms with E-state index in [1.165, 1.54) is 0 Å². The second-order valence-corrected chi connectivity index (χ2v) is 4.92. The Balaban J connectivity index is 3.95. The number of hydrogen-bond donors (Lipinski definition) is 2. The molecule has 0 aromatic heterocycles. The lowest BCUT2D eigenvalue weighted by Gasteiger charge is -2.35.